The summed E-state index contributed by atoms with van der Waals surface area (Å²) in [6.07, 6.45) is 9.47. The molecule has 8 heteroatoms. The molecule has 0 atom stereocenters. The second kappa shape index (κ2) is 9.50. The van der Waals surface area contributed by atoms with Crippen LogP contribution in [0.3, 0.4) is 0 Å². The Labute approximate surface area is 188 Å². The number of hydrogen-bond acceptors (Lipinski definition) is 6. The lowest BCUT2D eigenvalue weighted by Crippen LogP contribution is -2.36. The first-order valence-corrected chi connectivity index (χ1v) is 11.8. The van der Waals surface area contributed by atoms with E-state index >= 15 is 0 Å². The lowest BCUT2D eigenvalue weighted by atomic mass is 10.1. The second-order valence-corrected chi connectivity index (χ2v) is 9.13. The summed E-state index contributed by atoms with van der Waals surface area (Å²) in [7, 11) is 2.16. The van der Waals surface area contributed by atoms with Gasteiger partial charge in [-0.15, -0.1) is 0 Å². The van der Waals surface area contributed by atoms with Crippen LogP contribution in [0, 0.1) is 5.95 Å². The Hall–Kier alpha value is -2.58. The van der Waals surface area contributed by atoms with Crippen LogP contribution in [0.1, 0.15) is 32.1 Å². The highest BCUT2D eigenvalue weighted by atomic mass is 19.1. The molecule has 2 aliphatic heterocycles. The third-order valence-corrected chi connectivity index (χ3v) is 6.73. The normalized spacial score (nSPS) is 18.6. The second-order valence-electron chi connectivity index (χ2n) is 9.13. The fourth-order valence-electron chi connectivity index (χ4n) is 4.84. The number of halogens is 1. The number of pyridine rings is 1. The molecule has 5 heterocycles. The average Bonchev–Trinajstić information content (AvgIpc) is 3.46. The van der Waals surface area contributed by atoms with Crippen molar-refractivity contribution in [3.05, 3.63) is 36.5 Å². The van der Waals surface area contributed by atoms with Crippen LogP contribution in [-0.4, -0.2) is 75.1 Å². The van der Waals surface area contributed by atoms with Crippen molar-refractivity contribution in [1.29, 1.82) is 0 Å². The maximum atomic E-state index is 13.8. The van der Waals surface area contributed by atoms with Gasteiger partial charge < -0.3 is 19.7 Å². The molecule has 2 saturated heterocycles. The van der Waals surface area contributed by atoms with E-state index in [1.54, 1.807) is 6.07 Å². The van der Waals surface area contributed by atoms with Gasteiger partial charge in [-0.1, -0.05) is 0 Å². The molecule has 0 aromatic carbocycles. The van der Waals surface area contributed by atoms with Crippen molar-refractivity contribution in [2.24, 2.45) is 0 Å². The van der Waals surface area contributed by atoms with Gasteiger partial charge in [0.15, 0.2) is 5.82 Å². The number of hydrogen-bond donors (Lipinski definition) is 1. The number of anilines is 1. The molecule has 0 saturated carbocycles. The Bertz CT molecular complexity index is 1050. The van der Waals surface area contributed by atoms with Gasteiger partial charge in [-0.05, 0) is 84.0 Å². The number of rotatable bonds is 7. The Morgan fingerprint density at radius 3 is 2.66 bits per heavy atom. The van der Waals surface area contributed by atoms with Crippen molar-refractivity contribution >= 4 is 16.9 Å². The van der Waals surface area contributed by atoms with Crippen LogP contribution in [0.4, 0.5) is 10.2 Å². The first-order chi connectivity index (χ1) is 15.7. The Morgan fingerprint density at radius 2 is 1.88 bits per heavy atom. The van der Waals surface area contributed by atoms with E-state index in [4.69, 9.17) is 9.97 Å². The average molecular weight is 438 g/mol. The van der Waals surface area contributed by atoms with Crippen molar-refractivity contribution in [2.45, 2.75) is 44.7 Å². The minimum atomic E-state index is -0.517. The molecule has 0 radical (unpaired) electrons. The zero-order valence-corrected chi connectivity index (χ0v) is 18.8. The standard InChI is InChI=1S/C24H32FN7/c1-30-14-6-19(7-15-30)27-23-20-8-16-32(13-4-12-31-10-2-3-11-31)24(20)29-22(28-23)18-5-9-26-21(25)17-18/h5,8-9,16-17,19H,2-4,6-7,10-15H2,1H3,(H,27,28,29). The number of aromatic nitrogens is 4. The number of piperidine rings is 1. The molecule has 0 spiro atoms. The quantitative estimate of drug-likeness (QED) is 0.570. The molecule has 0 aliphatic carbocycles. The van der Waals surface area contributed by atoms with Crippen LogP contribution in [-0.2, 0) is 6.54 Å². The summed E-state index contributed by atoms with van der Waals surface area (Å²) < 4.78 is 16.0. The third-order valence-electron chi connectivity index (χ3n) is 6.73. The van der Waals surface area contributed by atoms with Crippen LogP contribution < -0.4 is 5.32 Å². The summed E-state index contributed by atoms with van der Waals surface area (Å²) in [6, 6.07) is 5.66. The fourth-order valence-corrected chi connectivity index (χ4v) is 4.84. The van der Waals surface area contributed by atoms with E-state index in [1.807, 2.05) is 0 Å². The molecule has 0 amide bonds. The molecule has 3 aromatic heterocycles. The lowest BCUT2D eigenvalue weighted by Gasteiger charge is -2.30. The number of likely N-dealkylation sites (tertiary alicyclic amines) is 2. The molecule has 0 bridgehead atoms. The largest absolute Gasteiger partial charge is 0.367 e. The highest BCUT2D eigenvalue weighted by Crippen LogP contribution is 2.28. The summed E-state index contributed by atoms with van der Waals surface area (Å²) in [4.78, 5) is 18.3. The summed E-state index contributed by atoms with van der Waals surface area (Å²) in [5, 5.41) is 4.71. The van der Waals surface area contributed by atoms with Gasteiger partial charge in [-0.25, -0.2) is 15.0 Å². The van der Waals surface area contributed by atoms with E-state index in [1.165, 1.54) is 38.2 Å². The maximum absolute atomic E-state index is 13.8. The number of nitrogens with one attached hydrogen (secondary N) is 1. The minimum absolute atomic E-state index is 0.379. The molecule has 0 unspecified atom stereocenters. The molecule has 2 fully saturated rings. The Kier molecular flexibility index (Phi) is 6.32. The summed E-state index contributed by atoms with van der Waals surface area (Å²) >= 11 is 0. The monoisotopic (exact) mass is 437 g/mol. The van der Waals surface area contributed by atoms with Crippen molar-refractivity contribution < 1.29 is 4.39 Å². The van der Waals surface area contributed by atoms with Gasteiger partial charge in [0, 0.05) is 36.6 Å². The van der Waals surface area contributed by atoms with E-state index in [9.17, 15) is 4.39 Å². The Morgan fingerprint density at radius 1 is 1.06 bits per heavy atom. The number of aryl methyl sites for hydroxylation is 1. The van der Waals surface area contributed by atoms with E-state index in [2.05, 4.69) is 44.0 Å². The molecule has 32 heavy (non-hydrogen) atoms. The summed E-state index contributed by atoms with van der Waals surface area (Å²) in [6.45, 7) is 6.62. The first-order valence-electron chi connectivity index (χ1n) is 11.8. The highest BCUT2D eigenvalue weighted by Gasteiger charge is 2.20. The molecule has 5 rings (SSSR count). The summed E-state index contributed by atoms with van der Waals surface area (Å²) in [5.74, 6) is 0.862. The van der Waals surface area contributed by atoms with Gasteiger partial charge in [-0.2, -0.15) is 4.39 Å². The fraction of sp³-hybridized carbons (Fsp3) is 0.542. The van der Waals surface area contributed by atoms with Crippen molar-refractivity contribution in [3.8, 4) is 11.4 Å². The van der Waals surface area contributed by atoms with E-state index in [-0.39, 0.29) is 0 Å². The Balaban J connectivity index is 1.44. The van der Waals surface area contributed by atoms with Crippen molar-refractivity contribution in [1.82, 2.24) is 29.3 Å². The number of nitrogens with zero attached hydrogens (tertiary/aromatic N) is 6. The first kappa shape index (κ1) is 21.3. The predicted octanol–water partition coefficient (Wildman–Crippen LogP) is 3.62. The third kappa shape index (κ3) is 4.76. The van der Waals surface area contributed by atoms with Gasteiger partial charge >= 0.3 is 0 Å². The van der Waals surface area contributed by atoms with Crippen LogP contribution in [0.5, 0.6) is 0 Å². The van der Waals surface area contributed by atoms with Gasteiger partial charge in [-0.3, -0.25) is 0 Å². The van der Waals surface area contributed by atoms with Gasteiger partial charge in [0.05, 0.1) is 5.39 Å². The zero-order chi connectivity index (χ0) is 21.9. The summed E-state index contributed by atoms with van der Waals surface area (Å²) in [5.41, 5.74) is 1.56. The molecular weight excluding hydrogens is 405 g/mol. The topological polar surface area (TPSA) is 62.1 Å². The van der Waals surface area contributed by atoms with Gasteiger partial charge in [0.2, 0.25) is 5.95 Å². The van der Waals surface area contributed by atoms with Crippen LogP contribution in [0.2, 0.25) is 0 Å². The molecule has 1 N–H and O–H groups in total. The smallest absolute Gasteiger partial charge is 0.213 e. The lowest BCUT2D eigenvalue weighted by molar-refractivity contribution is 0.264. The van der Waals surface area contributed by atoms with Crippen LogP contribution >= 0.6 is 0 Å². The number of fused-ring (bicyclic) bond motifs is 1. The van der Waals surface area contributed by atoms with E-state index in [0.717, 1.165) is 62.3 Å². The minimum Gasteiger partial charge on any atom is -0.367 e. The predicted molar refractivity (Wildman–Crippen MR) is 125 cm³/mol. The zero-order valence-electron chi connectivity index (χ0n) is 18.8. The van der Waals surface area contributed by atoms with Gasteiger partial charge in [0.25, 0.3) is 0 Å². The molecule has 3 aromatic rings. The van der Waals surface area contributed by atoms with Crippen molar-refractivity contribution in [2.75, 3.05) is 45.1 Å². The van der Waals surface area contributed by atoms with E-state index < -0.39 is 5.95 Å². The molecular formula is C24H32FN7. The maximum Gasteiger partial charge on any atom is 0.213 e. The van der Waals surface area contributed by atoms with E-state index in [0.29, 0.717) is 17.4 Å². The van der Waals surface area contributed by atoms with Crippen molar-refractivity contribution in [3.63, 3.8) is 0 Å². The van der Waals surface area contributed by atoms with Gasteiger partial charge in [0.1, 0.15) is 11.5 Å². The molecule has 2 aliphatic rings. The molecule has 170 valence electrons. The molecule has 7 nitrogen and oxygen atoms in total. The van der Waals surface area contributed by atoms with Crippen LogP contribution in [0.15, 0.2) is 30.6 Å². The SMILES string of the molecule is CN1CCC(Nc2nc(-c3ccnc(F)c3)nc3c2ccn3CCCN2CCCC2)CC1. The van der Waals surface area contributed by atoms with Crippen LogP contribution in [0.25, 0.3) is 22.4 Å². The highest BCUT2D eigenvalue weighted by molar-refractivity contribution is 5.89.